The van der Waals surface area contributed by atoms with E-state index in [4.69, 9.17) is 17.3 Å². The molecule has 1 saturated carbocycles. The molecule has 5 nitrogen and oxygen atoms in total. The van der Waals surface area contributed by atoms with Crippen molar-refractivity contribution < 1.29 is 9.59 Å². The van der Waals surface area contributed by atoms with E-state index in [1.54, 1.807) is 29.2 Å². The molecule has 2 fully saturated rings. The van der Waals surface area contributed by atoms with Gasteiger partial charge in [0, 0.05) is 36.8 Å². The van der Waals surface area contributed by atoms with Crippen LogP contribution in [0, 0.1) is 0 Å². The van der Waals surface area contributed by atoms with Crippen molar-refractivity contribution in [1.82, 2.24) is 9.80 Å². The van der Waals surface area contributed by atoms with Gasteiger partial charge in [-0.25, -0.2) is 0 Å². The number of benzene rings is 1. The Kier molecular flexibility index (Phi) is 5.55. The fraction of sp³-hybridized carbons (Fsp3) is 0.500. The zero-order valence-electron chi connectivity index (χ0n) is 12.8. The molecule has 3 rings (SSSR count). The standard InChI is InChI=1S/C16H20ClN3O2.ClH/c17-13-4-2-12(3-5-13)14(21)19-8-1-9-20(11-10-19)15(22)16(18)6-7-16;/h2-5H,1,6-11,18H2;1H. The molecule has 23 heavy (non-hydrogen) atoms. The van der Waals surface area contributed by atoms with Crippen molar-refractivity contribution in [1.29, 1.82) is 0 Å². The molecule has 1 aromatic carbocycles. The van der Waals surface area contributed by atoms with E-state index >= 15 is 0 Å². The first-order chi connectivity index (χ1) is 10.5. The summed E-state index contributed by atoms with van der Waals surface area (Å²) in [6, 6.07) is 6.90. The van der Waals surface area contributed by atoms with Crippen LogP contribution in [-0.4, -0.2) is 53.3 Å². The van der Waals surface area contributed by atoms with Crippen molar-refractivity contribution in [2.45, 2.75) is 24.8 Å². The molecule has 2 N–H and O–H groups in total. The molecule has 7 heteroatoms. The van der Waals surface area contributed by atoms with Gasteiger partial charge in [-0.1, -0.05) is 11.6 Å². The van der Waals surface area contributed by atoms with Crippen LogP contribution in [0.5, 0.6) is 0 Å². The van der Waals surface area contributed by atoms with Crippen molar-refractivity contribution in [2.24, 2.45) is 5.73 Å². The number of carbonyl (C=O) groups is 2. The van der Waals surface area contributed by atoms with Crippen LogP contribution < -0.4 is 5.73 Å². The van der Waals surface area contributed by atoms with Gasteiger partial charge in [-0.15, -0.1) is 12.4 Å². The minimum atomic E-state index is -0.630. The van der Waals surface area contributed by atoms with E-state index in [0.717, 1.165) is 19.3 Å². The van der Waals surface area contributed by atoms with Crippen LogP contribution in [0.1, 0.15) is 29.6 Å². The lowest BCUT2D eigenvalue weighted by Gasteiger charge is -2.24. The minimum absolute atomic E-state index is 0. The third kappa shape index (κ3) is 3.97. The first-order valence-corrected chi connectivity index (χ1v) is 8.00. The summed E-state index contributed by atoms with van der Waals surface area (Å²) in [6.07, 6.45) is 2.33. The summed E-state index contributed by atoms with van der Waals surface area (Å²) in [5.41, 5.74) is 5.98. The van der Waals surface area contributed by atoms with E-state index in [9.17, 15) is 9.59 Å². The average molecular weight is 358 g/mol. The van der Waals surface area contributed by atoms with E-state index in [1.807, 2.05) is 4.90 Å². The van der Waals surface area contributed by atoms with Crippen LogP contribution in [0.4, 0.5) is 0 Å². The summed E-state index contributed by atoms with van der Waals surface area (Å²) in [7, 11) is 0. The topological polar surface area (TPSA) is 66.6 Å². The number of hydrogen-bond acceptors (Lipinski definition) is 3. The van der Waals surface area contributed by atoms with Gasteiger partial charge in [-0.2, -0.15) is 0 Å². The Morgan fingerprint density at radius 1 is 1.00 bits per heavy atom. The summed E-state index contributed by atoms with van der Waals surface area (Å²) in [6.45, 7) is 2.42. The van der Waals surface area contributed by atoms with Crippen LogP contribution >= 0.6 is 24.0 Å². The summed E-state index contributed by atoms with van der Waals surface area (Å²) in [4.78, 5) is 28.4. The Labute approximate surface area is 147 Å². The summed E-state index contributed by atoms with van der Waals surface area (Å²) in [5.74, 6) is 0.0214. The van der Waals surface area contributed by atoms with Crippen LogP contribution in [0.15, 0.2) is 24.3 Å². The lowest BCUT2D eigenvalue weighted by molar-refractivity contribution is -0.133. The molecule has 0 atom stereocenters. The molecule has 0 unspecified atom stereocenters. The van der Waals surface area contributed by atoms with Gasteiger partial charge in [-0.3, -0.25) is 9.59 Å². The molecule has 0 spiro atoms. The number of amides is 2. The van der Waals surface area contributed by atoms with Crippen LogP contribution in [0.25, 0.3) is 0 Å². The zero-order chi connectivity index (χ0) is 15.7. The van der Waals surface area contributed by atoms with Crippen molar-refractivity contribution in [2.75, 3.05) is 26.2 Å². The van der Waals surface area contributed by atoms with Gasteiger partial charge in [0.2, 0.25) is 5.91 Å². The highest BCUT2D eigenvalue weighted by Gasteiger charge is 2.48. The molecule has 0 radical (unpaired) electrons. The maximum absolute atomic E-state index is 12.5. The quantitative estimate of drug-likeness (QED) is 0.879. The highest BCUT2D eigenvalue weighted by Crippen LogP contribution is 2.34. The van der Waals surface area contributed by atoms with E-state index in [1.165, 1.54) is 0 Å². The van der Waals surface area contributed by atoms with Crippen LogP contribution in [0.3, 0.4) is 0 Å². The number of rotatable bonds is 2. The first kappa shape index (κ1) is 18.0. The number of nitrogens with two attached hydrogens (primary N) is 1. The molecule has 2 aliphatic rings. The largest absolute Gasteiger partial charge is 0.339 e. The lowest BCUT2D eigenvalue weighted by Crippen LogP contribution is -2.47. The van der Waals surface area contributed by atoms with Gasteiger partial charge in [0.15, 0.2) is 0 Å². The SMILES string of the molecule is Cl.NC1(C(=O)N2CCCN(C(=O)c3ccc(Cl)cc3)CC2)CC1. The van der Waals surface area contributed by atoms with Gasteiger partial charge in [0.25, 0.3) is 5.91 Å². The molecule has 126 valence electrons. The second-order valence-corrected chi connectivity index (χ2v) is 6.54. The molecule has 2 amide bonds. The molecule has 1 aliphatic carbocycles. The van der Waals surface area contributed by atoms with Gasteiger partial charge in [-0.05, 0) is 43.5 Å². The fourth-order valence-corrected chi connectivity index (χ4v) is 2.89. The zero-order valence-corrected chi connectivity index (χ0v) is 14.4. The summed E-state index contributed by atoms with van der Waals surface area (Å²) < 4.78 is 0. The monoisotopic (exact) mass is 357 g/mol. The van der Waals surface area contributed by atoms with Crippen molar-refractivity contribution in [3.05, 3.63) is 34.9 Å². The second kappa shape index (κ2) is 7.07. The first-order valence-electron chi connectivity index (χ1n) is 7.63. The third-order valence-corrected chi connectivity index (χ3v) is 4.63. The molecule has 1 heterocycles. The van der Waals surface area contributed by atoms with E-state index in [2.05, 4.69) is 0 Å². The van der Waals surface area contributed by atoms with Crippen LogP contribution in [0.2, 0.25) is 5.02 Å². The number of halogens is 2. The Hall–Kier alpha value is -1.30. The Morgan fingerprint density at radius 3 is 2.17 bits per heavy atom. The van der Waals surface area contributed by atoms with Crippen molar-refractivity contribution in [3.63, 3.8) is 0 Å². The van der Waals surface area contributed by atoms with Gasteiger partial charge in [0.05, 0.1) is 5.54 Å². The van der Waals surface area contributed by atoms with Gasteiger partial charge >= 0.3 is 0 Å². The molecular weight excluding hydrogens is 337 g/mol. The van der Waals surface area contributed by atoms with E-state index in [0.29, 0.717) is 36.8 Å². The molecule has 1 aromatic rings. The molecule has 0 bridgehead atoms. The van der Waals surface area contributed by atoms with Crippen molar-refractivity contribution in [3.8, 4) is 0 Å². The van der Waals surface area contributed by atoms with Crippen molar-refractivity contribution >= 4 is 35.8 Å². The molecule has 0 aromatic heterocycles. The van der Waals surface area contributed by atoms with E-state index in [-0.39, 0.29) is 24.2 Å². The predicted octanol–water partition coefficient (Wildman–Crippen LogP) is 1.93. The van der Waals surface area contributed by atoms with Gasteiger partial charge < -0.3 is 15.5 Å². The number of hydrogen-bond donors (Lipinski definition) is 1. The average Bonchev–Trinajstić information content (AvgIpc) is 3.30. The number of carbonyl (C=O) groups excluding carboxylic acids is 2. The molecule has 1 aliphatic heterocycles. The number of nitrogens with zero attached hydrogens (tertiary/aromatic N) is 2. The Bertz CT molecular complexity index is 587. The second-order valence-electron chi connectivity index (χ2n) is 6.10. The van der Waals surface area contributed by atoms with Crippen LogP contribution in [-0.2, 0) is 4.79 Å². The van der Waals surface area contributed by atoms with Gasteiger partial charge in [0.1, 0.15) is 0 Å². The lowest BCUT2D eigenvalue weighted by atomic mass is 10.2. The Balaban J connectivity index is 0.00000192. The molecular formula is C16H21Cl2N3O2. The maximum atomic E-state index is 12.5. The highest BCUT2D eigenvalue weighted by atomic mass is 35.5. The maximum Gasteiger partial charge on any atom is 0.253 e. The predicted molar refractivity (Wildman–Crippen MR) is 92.0 cm³/mol. The fourth-order valence-electron chi connectivity index (χ4n) is 2.76. The normalized spacial score (nSPS) is 19.6. The summed E-state index contributed by atoms with van der Waals surface area (Å²) >= 11 is 5.85. The third-order valence-electron chi connectivity index (χ3n) is 4.38. The minimum Gasteiger partial charge on any atom is -0.339 e. The smallest absolute Gasteiger partial charge is 0.253 e. The Morgan fingerprint density at radius 2 is 1.57 bits per heavy atom. The summed E-state index contributed by atoms with van der Waals surface area (Å²) in [5, 5.41) is 0.613. The highest BCUT2D eigenvalue weighted by molar-refractivity contribution is 6.30. The van der Waals surface area contributed by atoms with E-state index < -0.39 is 5.54 Å². The molecule has 1 saturated heterocycles.